The number of aryl methyl sites for hydroxylation is 2. The molecule has 4 nitrogen and oxygen atoms in total. The van der Waals surface area contributed by atoms with Crippen molar-refractivity contribution in [2.75, 3.05) is 12.4 Å². The first kappa shape index (κ1) is 22.1. The SMILES string of the molecule is COC(=O)c1c(-c2ccc3c(c2)CCCC3)csc1NC(=O)c1ccc(-c2ccccc2)cc1. The van der Waals surface area contributed by atoms with Crippen LogP contribution in [0.4, 0.5) is 5.00 Å². The predicted octanol–water partition coefficient (Wildman–Crippen LogP) is 7.00. The molecule has 1 N–H and O–H groups in total. The number of thiophene rings is 1. The molecule has 1 aromatic heterocycles. The van der Waals surface area contributed by atoms with Crippen LogP contribution in [0.2, 0.25) is 0 Å². The Morgan fingerprint density at radius 2 is 1.50 bits per heavy atom. The van der Waals surface area contributed by atoms with E-state index in [9.17, 15) is 9.59 Å². The van der Waals surface area contributed by atoms with E-state index in [1.165, 1.54) is 42.4 Å². The molecule has 0 aliphatic heterocycles. The third-order valence-corrected chi connectivity index (χ3v) is 7.22. The van der Waals surface area contributed by atoms with E-state index in [2.05, 4.69) is 23.5 Å². The Bertz CT molecular complexity index is 1340. The van der Waals surface area contributed by atoms with E-state index in [0.717, 1.165) is 35.1 Å². The van der Waals surface area contributed by atoms with Crippen LogP contribution >= 0.6 is 11.3 Å². The Labute approximate surface area is 203 Å². The Hall–Kier alpha value is -3.70. The van der Waals surface area contributed by atoms with Gasteiger partial charge in [-0.25, -0.2) is 4.79 Å². The lowest BCUT2D eigenvalue weighted by Gasteiger charge is -2.16. The lowest BCUT2D eigenvalue weighted by Crippen LogP contribution is -2.14. The highest BCUT2D eigenvalue weighted by Crippen LogP contribution is 2.38. The second-order valence-corrected chi connectivity index (χ2v) is 9.31. The fourth-order valence-electron chi connectivity index (χ4n) is 4.49. The number of carbonyl (C=O) groups excluding carboxylic acids is 2. The van der Waals surface area contributed by atoms with Crippen molar-refractivity contribution in [3.8, 4) is 22.3 Å². The van der Waals surface area contributed by atoms with E-state index in [4.69, 9.17) is 4.74 Å². The minimum atomic E-state index is -0.455. The number of esters is 1. The Morgan fingerprint density at radius 1 is 0.824 bits per heavy atom. The first-order valence-corrected chi connectivity index (χ1v) is 12.3. The third kappa shape index (κ3) is 4.39. The van der Waals surface area contributed by atoms with Gasteiger partial charge in [-0.15, -0.1) is 11.3 Å². The molecule has 3 aromatic carbocycles. The minimum Gasteiger partial charge on any atom is -0.465 e. The van der Waals surface area contributed by atoms with Crippen molar-refractivity contribution in [1.29, 1.82) is 0 Å². The van der Waals surface area contributed by atoms with Crippen LogP contribution in [-0.4, -0.2) is 19.0 Å². The second kappa shape index (κ2) is 9.65. The lowest BCUT2D eigenvalue weighted by atomic mass is 9.89. The van der Waals surface area contributed by atoms with Gasteiger partial charge in [0.2, 0.25) is 0 Å². The van der Waals surface area contributed by atoms with E-state index in [1.807, 2.05) is 47.8 Å². The van der Waals surface area contributed by atoms with E-state index in [1.54, 1.807) is 12.1 Å². The van der Waals surface area contributed by atoms with Crippen molar-refractivity contribution in [2.24, 2.45) is 0 Å². The van der Waals surface area contributed by atoms with Gasteiger partial charge < -0.3 is 10.1 Å². The quantitative estimate of drug-likeness (QED) is 0.322. The highest BCUT2D eigenvalue weighted by molar-refractivity contribution is 7.15. The van der Waals surface area contributed by atoms with Crippen LogP contribution in [0.3, 0.4) is 0 Å². The molecular weight excluding hydrogens is 442 g/mol. The molecule has 0 atom stereocenters. The summed E-state index contributed by atoms with van der Waals surface area (Å²) in [5.41, 5.74) is 7.56. The van der Waals surface area contributed by atoms with Gasteiger partial charge in [0.15, 0.2) is 0 Å². The van der Waals surface area contributed by atoms with Crippen LogP contribution in [0.15, 0.2) is 78.2 Å². The van der Waals surface area contributed by atoms with E-state index >= 15 is 0 Å². The number of amides is 1. The van der Waals surface area contributed by atoms with E-state index < -0.39 is 5.97 Å². The average Bonchev–Trinajstić information content (AvgIpc) is 3.32. The first-order chi connectivity index (χ1) is 16.6. The number of nitrogens with one attached hydrogen (secondary N) is 1. The predicted molar refractivity (Wildman–Crippen MR) is 138 cm³/mol. The topological polar surface area (TPSA) is 55.4 Å². The highest BCUT2D eigenvalue weighted by atomic mass is 32.1. The number of ether oxygens (including phenoxy) is 1. The Balaban J connectivity index is 1.42. The molecule has 0 saturated carbocycles. The number of rotatable bonds is 5. The maximum absolute atomic E-state index is 13.0. The van der Waals surface area contributed by atoms with Gasteiger partial charge in [-0.2, -0.15) is 0 Å². The minimum absolute atomic E-state index is 0.261. The van der Waals surface area contributed by atoms with Crippen molar-refractivity contribution in [1.82, 2.24) is 0 Å². The normalized spacial score (nSPS) is 12.6. The fraction of sp³-hybridized carbons (Fsp3) is 0.172. The zero-order valence-electron chi connectivity index (χ0n) is 19.0. The van der Waals surface area contributed by atoms with Crippen molar-refractivity contribution in [3.05, 3.63) is 100 Å². The van der Waals surface area contributed by atoms with Gasteiger partial charge in [0.05, 0.1) is 7.11 Å². The first-order valence-electron chi connectivity index (χ1n) is 11.4. The summed E-state index contributed by atoms with van der Waals surface area (Å²) in [5.74, 6) is -0.715. The average molecular weight is 468 g/mol. The summed E-state index contributed by atoms with van der Waals surface area (Å²) in [5, 5.41) is 5.35. The fourth-order valence-corrected chi connectivity index (χ4v) is 5.44. The van der Waals surface area contributed by atoms with Crippen molar-refractivity contribution in [3.63, 3.8) is 0 Å². The molecule has 0 saturated heterocycles. The molecule has 1 aliphatic rings. The molecule has 1 heterocycles. The Kier molecular flexibility index (Phi) is 6.28. The van der Waals surface area contributed by atoms with Gasteiger partial charge in [-0.05, 0) is 65.6 Å². The van der Waals surface area contributed by atoms with Crippen LogP contribution in [-0.2, 0) is 17.6 Å². The summed E-state index contributed by atoms with van der Waals surface area (Å²) < 4.78 is 5.08. The van der Waals surface area contributed by atoms with Crippen LogP contribution < -0.4 is 5.32 Å². The molecule has 1 amide bonds. The van der Waals surface area contributed by atoms with Gasteiger partial charge in [0.25, 0.3) is 5.91 Å². The summed E-state index contributed by atoms with van der Waals surface area (Å²) in [6, 6.07) is 23.9. The van der Waals surface area contributed by atoms with Gasteiger partial charge in [0, 0.05) is 16.5 Å². The van der Waals surface area contributed by atoms with Gasteiger partial charge in [-0.3, -0.25) is 4.79 Å². The molecule has 0 unspecified atom stereocenters. The van der Waals surface area contributed by atoms with Crippen molar-refractivity contribution < 1.29 is 14.3 Å². The van der Waals surface area contributed by atoms with Gasteiger partial charge in [0.1, 0.15) is 10.6 Å². The van der Waals surface area contributed by atoms with E-state index in [-0.39, 0.29) is 5.91 Å². The number of hydrogen-bond acceptors (Lipinski definition) is 4. The number of hydrogen-bond donors (Lipinski definition) is 1. The molecule has 0 bridgehead atoms. The molecule has 5 rings (SSSR count). The van der Waals surface area contributed by atoms with Crippen molar-refractivity contribution >= 4 is 28.2 Å². The molecule has 5 heteroatoms. The largest absolute Gasteiger partial charge is 0.465 e. The van der Waals surface area contributed by atoms with Crippen LogP contribution in [0, 0.1) is 0 Å². The van der Waals surface area contributed by atoms with Crippen LogP contribution in [0.5, 0.6) is 0 Å². The molecule has 34 heavy (non-hydrogen) atoms. The van der Waals surface area contributed by atoms with Crippen LogP contribution in [0.1, 0.15) is 44.7 Å². The van der Waals surface area contributed by atoms with Crippen molar-refractivity contribution in [2.45, 2.75) is 25.7 Å². The standard InChI is InChI=1S/C29H25NO3S/c1-33-29(32)26-25(24-16-13-20-9-5-6-10-23(20)17-24)18-34-28(26)30-27(31)22-14-11-21(12-15-22)19-7-3-2-4-8-19/h2-4,7-8,11-18H,5-6,9-10H2,1H3,(H,30,31). The zero-order valence-corrected chi connectivity index (χ0v) is 19.8. The zero-order chi connectivity index (χ0) is 23.5. The molecule has 0 radical (unpaired) electrons. The van der Waals surface area contributed by atoms with E-state index in [0.29, 0.717) is 16.1 Å². The summed E-state index contributed by atoms with van der Waals surface area (Å²) in [7, 11) is 1.37. The maximum atomic E-state index is 13.0. The summed E-state index contributed by atoms with van der Waals surface area (Å²) >= 11 is 1.34. The summed E-state index contributed by atoms with van der Waals surface area (Å²) in [6.45, 7) is 0. The van der Waals surface area contributed by atoms with Gasteiger partial charge >= 0.3 is 5.97 Å². The molecule has 0 fully saturated rings. The Morgan fingerprint density at radius 3 is 2.24 bits per heavy atom. The maximum Gasteiger partial charge on any atom is 0.341 e. The lowest BCUT2D eigenvalue weighted by molar-refractivity contribution is 0.0603. The van der Waals surface area contributed by atoms with Crippen LogP contribution in [0.25, 0.3) is 22.3 Å². The summed E-state index contributed by atoms with van der Waals surface area (Å²) in [6.07, 6.45) is 4.58. The number of anilines is 1. The monoisotopic (exact) mass is 467 g/mol. The molecule has 0 spiro atoms. The second-order valence-electron chi connectivity index (χ2n) is 8.43. The molecule has 1 aliphatic carbocycles. The number of benzene rings is 3. The smallest absolute Gasteiger partial charge is 0.341 e. The molecular formula is C29H25NO3S. The number of carbonyl (C=O) groups is 2. The number of methoxy groups -OCH3 is 1. The van der Waals surface area contributed by atoms with Gasteiger partial charge in [-0.1, -0.05) is 60.7 Å². The molecule has 170 valence electrons. The summed E-state index contributed by atoms with van der Waals surface area (Å²) in [4.78, 5) is 25.7. The highest BCUT2D eigenvalue weighted by Gasteiger charge is 2.23. The third-order valence-electron chi connectivity index (χ3n) is 6.32. The molecule has 4 aromatic rings. The number of fused-ring (bicyclic) bond motifs is 1.